The van der Waals surface area contributed by atoms with Crippen molar-refractivity contribution in [2.24, 2.45) is 5.92 Å². The van der Waals surface area contributed by atoms with Crippen LogP contribution >= 0.6 is 24.8 Å². The van der Waals surface area contributed by atoms with Crippen LogP contribution in [0.15, 0.2) is 29.1 Å². The van der Waals surface area contributed by atoms with Gasteiger partial charge in [0.2, 0.25) is 0 Å². The Balaban J connectivity index is 0.00000196. The van der Waals surface area contributed by atoms with Crippen LogP contribution < -0.4 is 10.9 Å². The highest BCUT2D eigenvalue weighted by atomic mass is 35.5. The molecule has 0 unspecified atom stereocenters. The molecule has 0 bridgehead atoms. The Morgan fingerprint density at radius 1 is 1.18 bits per heavy atom. The molecule has 0 amide bonds. The van der Waals surface area contributed by atoms with Gasteiger partial charge in [0.15, 0.2) is 0 Å². The minimum absolute atomic E-state index is 0. The van der Waals surface area contributed by atoms with Crippen molar-refractivity contribution >= 4 is 24.8 Å². The second-order valence-electron chi connectivity index (χ2n) is 7.43. The molecule has 1 aliphatic rings. The fourth-order valence-corrected chi connectivity index (χ4v) is 3.24. The molecule has 0 atom stereocenters. The summed E-state index contributed by atoms with van der Waals surface area (Å²) in [6, 6.07) is 6.84. The second kappa shape index (κ2) is 10.9. The van der Waals surface area contributed by atoms with Crippen LogP contribution in [0.1, 0.15) is 25.0 Å². The minimum Gasteiger partial charge on any atom is -0.314 e. The van der Waals surface area contributed by atoms with Crippen molar-refractivity contribution in [1.82, 2.24) is 20.0 Å². The molecule has 1 aromatic heterocycles. The number of rotatable bonds is 5. The van der Waals surface area contributed by atoms with Gasteiger partial charge in [-0.2, -0.15) is 5.10 Å². The summed E-state index contributed by atoms with van der Waals surface area (Å²) < 4.78 is 15.2. The molecule has 2 heterocycles. The van der Waals surface area contributed by atoms with Crippen LogP contribution in [0.25, 0.3) is 11.3 Å². The van der Waals surface area contributed by atoms with Gasteiger partial charge in [-0.25, -0.2) is 9.07 Å². The molecular formula is C20H29Cl2FN4O. The maximum Gasteiger partial charge on any atom is 0.271 e. The predicted octanol–water partition coefficient (Wildman–Crippen LogP) is 3.26. The van der Waals surface area contributed by atoms with Crippen LogP contribution in [0.5, 0.6) is 0 Å². The first-order chi connectivity index (χ1) is 12.4. The SMILES string of the molecule is Cc1cc(-c2cc(CN3CCNCC3)c(=O)n(CC(C)C)n2)ccc1F.Cl.Cl. The van der Waals surface area contributed by atoms with Crippen molar-refractivity contribution in [3.05, 3.63) is 51.6 Å². The topological polar surface area (TPSA) is 50.2 Å². The fourth-order valence-electron chi connectivity index (χ4n) is 3.24. The Hall–Kier alpha value is -1.47. The lowest BCUT2D eigenvalue weighted by molar-refractivity contribution is 0.231. The minimum atomic E-state index is -0.231. The number of hydrogen-bond donors (Lipinski definition) is 1. The predicted molar refractivity (Wildman–Crippen MR) is 116 cm³/mol. The molecule has 3 rings (SSSR count). The molecule has 2 aromatic rings. The Morgan fingerprint density at radius 2 is 1.86 bits per heavy atom. The highest BCUT2D eigenvalue weighted by Crippen LogP contribution is 2.20. The van der Waals surface area contributed by atoms with Gasteiger partial charge >= 0.3 is 0 Å². The van der Waals surface area contributed by atoms with E-state index >= 15 is 0 Å². The van der Waals surface area contributed by atoms with E-state index in [4.69, 9.17) is 0 Å². The highest BCUT2D eigenvalue weighted by molar-refractivity contribution is 5.85. The lowest BCUT2D eigenvalue weighted by atomic mass is 10.1. The van der Waals surface area contributed by atoms with Crippen molar-refractivity contribution in [2.45, 2.75) is 33.9 Å². The largest absolute Gasteiger partial charge is 0.314 e. The van der Waals surface area contributed by atoms with E-state index in [2.05, 4.69) is 29.2 Å². The van der Waals surface area contributed by atoms with Gasteiger partial charge in [0.25, 0.3) is 5.56 Å². The van der Waals surface area contributed by atoms with Gasteiger partial charge in [0, 0.05) is 50.4 Å². The fraction of sp³-hybridized carbons (Fsp3) is 0.500. The smallest absolute Gasteiger partial charge is 0.271 e. The number of aryl methyl sites for hydroxylation is 1. The van der Waals surface area contributed by atoms with Crippen molar-refractivity contribution in [1.29, 1.82) is 0 Å². The Kier molecular flexibility index (Phi) is 9.57. The highest BCUT2D eigenvalue weighted by Gasteiger charge is 2.16. The normalized spacial score (nSPS) is 14.5. The van der Waals surface area contributed by atoms with Gasteiger partial charge < -0.3 is 5.32 Å². The van der Waals surface area contributed by atoms with Crippen molar-refractivity contribution < 1.29 is 4.39 Å². The summed E-state index contributed by atoms with van der Waals surface area (Å²) in [5.41, 5.74) is 2.86. The number of nitrogens with one attached hydrogen (secondary N) is 1. The molecule has 1 saturated heterocycles. The van der Waals surface area contributed by atoms with E-state index in [9.17, 15) is 9.18 Å². The summed E-state index contributed by atoms with van der Waals surface area (Å²) in [7, 11) is 0. The van der Waals surface area contributed by atoms with E-state index in [1.54, 1.807) is 23.7 Å². The average molecular weight is 431 g/mol. The maximum atomic E-state index is 13.6. The molecule has 28 heavy (non-hydrogen) atoms. The van der Waals surface area contributed by atoms with Gasteiger partial charge in [-0.15, -0.1) is 24.8 Å². The average Bonchev–Trinajstić information content (AvgIpc) is 2.61. The Bertz CT molecular complexity index is 835. The number of piperazine rings is 1. The molecule has 1 fully saturated rings. The molecule has 1 aliphatic heterocycles. The van der Waals surface area contributed by atoms with E-state index < -0.39 is 0 Å². The van der Waals surface area contributed by atoms with E-state index in [0.29, 0.717) is 24.6 Å². The van der Waals surface area contributed by atoms with Crippen LogP contribution in [0.3, 0.4) is 0 Å². The van der Waals surface area contributed by atoms with Crippen molar-refractivity contribution in [3.8, 4) is 11.3 Å². The van der Waals surface area contributed by atoms with Crippen LogP contribution in [0, 0.1) is 18.7 Å². The molecule has 0 aliphatic carbocycles. The lowest BCUT2D eigenvalue weighted by Gasteiger charge is -2.27. The van der Waals surface area contributed by atoms with Gasteiger partial charge in [-0.3, -0.25) is 9.69 Å². The van der Waals surface area contributed by atoms with Crippen LogP contribution in [-0.4, -0.2) is 40.9 Å². The molecule has 0 spiro atoms. The third-order valence-corrected chi connectivity index (χ3v) is 4.64. The first-order valence-corrected chi connectivity index (χ1v) is 9.24. The molecule has 0 radical (unpaired) electrons. The number of halogens is 3. The van der Waals surface area contributed by atoms with Crippen LogP contribution in [0.4, 0.5) is 4.39 Å². The van der Waals surface area contributed by atoms with E-state index in [0.717, 1.165) is 43.0 Å². The molecule has 5 nitrogen and oxygen atoms in total. The zero-order valence-electron chi connectivity index (χ0n) is 16.6. The van der Waals surface area contributed by atoms with Crippen LogP contribution in [-0.2, 0) is 13.1 Å². The molecule has 156 valence electrons. The number of hydrogen-bond acceptors (Lipinski definition) is 4. The van der Waals surface area contributed by atoms with Gasteiger partial charge in [-0.05, 0) is 42.7 Å². The van der Waals surface area contributed by atoms with Gasteiger partial charge in [0.05, 0.1) is 5.69 Å². The van der Waals surface area contributed by atoms with Gasteiger partial charge in [-0.1, -0.05) is 13.8 Å². The quantitative estimate of drug-likeness (QED) is 0.790. The third kappa shape index (κ3) is 6.01. The first-order valence-electron chi connectivity index (χ1n) is 9.24. The zero-order chi connectivity index (χ0) is 18.7. The summed E-state index contributed by atoms with van der Waals surface area (Å²) in [4.78, 5) is 15.2. The standard InChI is InChI=1S/C20H27FN4O.2ClH/c1-14(2)12-25-20(26)17(13-24-8-6-22-7-9-24)11-19(23-25)16-4-5-18(21)15(3)10-16;;/h4-5,10-11,14,22H,6-9,12-13H2,1-3H3;2*1H. The lowest BCUT2D eigenvalue weighted by Crippen LogP contribution is -2.44. The van der Waals surface area contributed by atoms with Gasteiger partial charge in [0.1, 0.15) is 5.82 Å². The van der Waals surface area contributed by atoms with Crippen molar-refractivity contribution in [2.75, 3.05) is 26.2 Å². The summed E-state index contributed by atoms with van der Waals surface area (Å²) >= 11 is 0. The third-order valence-electron chi connectivity index (χ3n) is 4.64. The summed E-state index contributed by atoms with van der Waals surface area (Å²) in [5.74, 6) is 0.0859. The summed E-state index contributed by atoms with van der Waals surface area (Å²) in [6.45, 7) is 10.8. The van der Waals surface area contributed by atoms with Crippen LogP contribution in [0.2, 0.25) is 0 Å². The Morgan fingerprint density at radius 3 is 2.46 bits per heavy atom. The zero-order valence-corrected chi connectivity index (χ0v) is 18.2. The second-order valence-corrected chi connectivity index (χ2v) is 7.43. The summed E-state index contributed by atoms with van der Waals surface area (Å²) in [5, 5.41) is 7.89. The van der Waals surface area contributed by atoms with E-state index in [1.807, 2.05) is 6.07 Å². The first kappa shape index (κ1) is 24.6. The molecule has 1 aromatic carbocycles. The van der Waals surface area contributed by atoms with Crippen molar-refractivity contribution in [3.63, 3.8) is 0 Å². The Labute approximate surface area is 178 Å². The number of benzene rings is 1. The maximum absolute atomic E-state index is 13.6. The molecular weight excluding hydrogens is 402 g/mol. The summed E-state index contributed by atoms with van der Waals surface area (Å²) in [6.07, 6.45) is 0. The number of aromatic nitrogens is 2. The monoisotopic (exact) mass is 430 g/mol. The van der Waals surface area contributed by atoms with E-state index in [-0.39, 0.29) is 36.2 Å². The number of nitrogens with zero attached hydrogens (tertiary/aromatic N) is 3. The molecule has 0 saturated carbocycles. The molecule has 1 N–H and O–H groups in total. The molecule has 8 heteroatoms. The van der Waals surface area contributed by atoms with E-state index in [1.165, 1.54) is 6.07 Å².